The number of carbonyl (C=O) groups excluding carboxylic acids is 1. The summed E-state index contributed by atoms with van der Waals surface area (Å²) in [5, 5.41) is 14.5. The minimum atomic E-state index is -0.527. The van der Waals surface area contributed by atoms with Crippen LogP contribution in [0.25, 0.3) is 0 Å². The van der Waals surface area contributed by atoms with E-state index in [-0.39, 0.29) is 23.7 Å². The Labute approximate surface area is 124 Å². The number of para-hydroxylation sites is 1. The van der Waals surface area contributed by atoms with Gasteiger partial charge in [-0.2, -0.15) is 5.10 Å². The maximum absolute atomic E-state index is 11.5. The molecule has 9 nitrogen and oxygen atoms in total. The van der Waals surface area contributed by atoms with E-state index in [1.165, 1.54) is 36.9 Å². The van der Waals surface area contributed by atoms with Gasteiger partial charge in [0.05, 0.1) is 22.9 Å². The third kappa shape index (κ3) is 4.34. The van der Waals surface area contributed by atoms with Crippen molar-refractivity contribution in [2.45, 2.75) is 0 Å². The summed E-state index contributed by atoms with van der Waals surface area (Å²) in [4.78, 5) is 29.4. The van der Waals surface area contributed by atoms with Crippen LogP contribution in [0.2, 0.25) is 0 Å². The lowest BCUT2D eigenvalue weighted by molar-refractivity contribution is -0.385. The molecule has 0 spiro atoms. The van der Waals surface area contributed by atoms with E-state index in [1.54, 1.807) is 12.1 Å². The standard InChI is InChI=1S/C13H11N5O4/c19-12(9-22-13-8-14-5-6-15-13)17-16-7-10-3-1-2-4-11(10)18(20)21/h1-8H,9H2,(H,17,19)/b16-7+. The van der Waals surface area contributed by atoms with Gasteiger partial charge in [-0.15, -0.1) is 0 Å². The van der Waals surface area contributed by atoms with Crippen LogP contribution >= 0.6 is 0 Å². The highest BCUT2D eigenvalue weighted by Crippen LogP contribution is 2.14. The molecular formula is C13H11N5O4. The van der Waals surface area contributed by atoms with Gasteiger partial charge in [-0.1, -0.05) is 12.1 Å². The zero-order valence-corrected chi connectivity index (χ0v) is 11.2. The molecule has 0 saturated carbocycles. The Morgan fingerprint density at radius 3 is 2.95 bits per heavy atom. The maximum Gasteiger partial charge on any atom is 0.278 e. The molecule has 0 aliphatic rings. The minimum Gasteiger partial charge on any atom is -0.466 e. The van der Waals surface area contributed by atoms with Crippen molar-refractivity contribution in [3.8, 4) is 5.88 Å². The van der Waals surface area contributed by atoms with Gasteiger partial charge in [0.15, 0.2) is 6.61 Å². The second-order valence-electron chi connectivity index (χ2n) is 3.94. The van der Waals surface area contributed by atoms with Crippen LogP contribution in [0.15, 0.2) is 48.0 Å². The molecule has 1 aromatic carbocycles. The topological polar surface area (TPSA) is 120 Å². The molecule has 1 aromatic heterocycles. The van der Waals surface area contributed by atoms with Gasteiger partial charge in [0, 0.05) is 18.5 Å². The number of nitrogens with one attached hydrogen (secondary N) is 1. The van der Waals surface area contributed by atoms with Gasteiger partial charge >= 0.3 is 0 Å². The molecule has 1 N–H and O–H groups in total. The van der Waals surface area contributed by atoms with Crippen molar-refractivity contribution in [2.75, 3.05) is 6.61 Å². The molecule has 0 saturated heterocycles. The Morgan fingerprint density at radius 1 is 1.41 bits per heavy atom. The molecule has 2 rings (SSSR count). The first-order valence-electron chi connectivity index (χ1n) is 6.11. The van der Waals surface area contributed by atoms with Crippen LogP contribution < -0.4 is 10.2 Å². The SMILES string of the molecule is O=C(COc1cnccn1)N/N=C/c1ccccc1[N+](=O)[O-]. The number of amides is 1. The number of aromatic nitrogens is 2. The summed E-state index contributed by atoms with van der Waals surface area (Å²) in [5.74, 6) is -0.319. The molecule has 1 heterocycles. The van der Waals surface area contributed by atoms with E-state index in [2.05, 4.69) is 20.5 Å². The summed E-state index contributed by atoms with van der Waals surface area (Å²) in [6, 6.07) is 6.04. The fourth-order valence-corrected chi connectivity index (χ4v) is 1.47. The van der Waals surface area contributed by atoms with E-state index in [0.717, 1.165) is 0 Å². The molecule has 0 unspecified atom stereocenters. The van der Waals surface area contributed by atoms with Gasteiger partial charge in [0.2, 0.25) is 5.88 Å². The number of rotatable bonds is 6. The van der Waals surface area contributed by atoms with E-state index in [4.69, 9.17) is 4.74 Å². The molecule has 0 fully saturated rings. The van der Waals surface area contributed by atoms with Crippen molar-refractivity contribution in [2.24, 2.45) is 5.10 Å². The molecule has 9 heteroatoms. The summed E-state index contributed by atoms with van der Waals surface area (Å²) >= 11 is 0. The fraction of sp³-hybridized carbons (Fsp3) is 0.0769. The molecule has 112 valence electrons. The van der Waals surface area contributed by atoms with Crippen LogP contribution in [0.4, 0.5) is 5.69 Å². The molecule has 0 bridgehead atoms. The van der Waals surface area contributed by atoms with Gasteiger partial charge in [-0.05, 0) is 6.07 Å². The first kappa shape index (κ1) is 15.0. The van der Waals surface area contributed by atoms with Crippen molar-refractivity contribution >= 4 is 17.8 Å². The molecule has 0 atom stereocenters. The third-order valence-corrected chi connectivity index (χ3v) is 2.42. The average molecular weight is 301 g/mol. The number of carbonyl (C=O) groups is 1. The normalized spacial score (nSPS) is 10.4. The highest BCUT2D eigenvalue weighted by Gasteiger charge is 2.10. The molecule has 0 radical (unpaired) electrons. The summed E-state index contributed by atoms with van der Waals surface area (Å²) in [6.07, 6.45) is 5.46. The monoisotopic (exact) mass is 301 g/mol. The summed E-state index contributed by atoms with van der Waals surface area (Å²) in [5.41, 5.74) is 2.38. The zero-order chi connectivity index (χ0) is 15.8. The van der Waals surface area contributed by atoms with E-state index in [0.29, 0.717) is 0 Å². The van der Waals surface area contributed by atoms with Crippen LogP contribution in [0.3, 0.4) is 0 Å². The van der Waals surface area contributed by atoms with E-state index >= 15 is 0 Å². The number of nitro benzene ring substituents is 1. The van der Waals surface area contributed by atoms with E-state index in [1.807, 2.05) is 0 Å². The first-order valence-corrected chi connectivity index (χ1v) is 6.11. The predicted octanol–water partition coefficient (Wildman–Crippen LogP) is 0.914. The Hall–Kier alpha value is -3.36. The van der Waals surface area contributed by atoms with Gasteiger partial charge in [0.25, 0.3) is 11.6 Å². The largest absolute Gasteiger partial charge is 0.466 e. The number of nitrogens with zero attached hydrogens (tertiary/aromatic N) is 4. The molecule has 0 aliphatic heterocycles. The lowest BCUT2D eigenvalue weighted by Crippen LogP contribution is -2.24. The molecule has 2 aromatic rings. The Morgan fingerprint density at radius 2 is 2.23 bits per heavy atom. The number of nitro groups is 1. The third-order valence-electron chi connectivity index (χ3n) is 2.42. The Kier molecular flexibility index (Phi) is 5.08. The van der Waals surface area contributed by atoms with Crippen LogP contribution in [0.1, 0.15) is 5.56 Å². The number of hydrazone groups is 1. The van der Waals surface area contributed by atoms with Gasteiger partial charge in [-0.25, -0.2) is 10.4 Å². The van der Waals surface area contributed by atoms with Gasteiger partial charge in [-0.3, -0.25) is 19.9 Å². The lowest BCUT2D eigenvalue weighted by atomic mass is 10.2. The predicted molar refractivity (Wildman–Crippen MR) is 76.4 cm³/mol. The van der Waals surface area contributed by atoms with Crippen molar-refractivity contribution in [3.05, 3.63) is 58.5 Å². The Bertz CT molecular complexity index is 690. The van der Waals surface area contributed by atoms with E-state index in [9.17, 15) is 14.9 Å². The maximum atomic E-state index is 11.5. The summed E-state index contributed by atoms with van der Waals surface area (Å²) in [6.45, 7) is -0.299. The number of benzene rings is 1. The van der Waals surface area contributed by atoms with Crippen molar-refractivity contribution in [3.63, 3.8) is 0 Å². The fourth-order valence-electron chi connectivity index (χ4n) is 1.47. The van der Waals surface area contributed by atoms with Crippen LogP contribution in [0, 0.1) is 10.1 Å². The van der Waals surface area contributed by atoms with Crippen molar-refractivity contribution in [1.29, 1.82) is 0 Å². The minimum absolute atomic E-state index is 0.101. The summed E-state index contributed by atoms with van der Waals surface area (Å²) < 4.78 is 5.06. The zero-order valence-electron chi connectivity index (χ0n) is 11.2. The van der Waals surface area contributed by atoms with Crippen LogP contribution in [-0.2, 0) is 4.79 Å². The highest BCUT2D eigenvalue weighted by molar-refractivity contribution is 5.86. The number of hydrogen-bond acceptors (Lipinski definition) is 7. The first-order chi connectivity index (χ1) is 10.7. The second kappa shape index (κ2) is 7.43. The van der Waals surface area contributed by atoms with Crippen LogP contribution in [0.5, 0.6) is 5.88 Å². The lowest BCUT2D eigenvalue weighted by Gasteiger charge is -2.02. The Balaban J connectivity index is 1.87. The highest BCUT2D eigenvalue weighted by atomic mass is 16.6. The quantitative estimate of drug-likeness (QED) is 0.481. The molecule has 1 amide bonds. The number of hydrogen-bond donors (Lipinski definition) is 1. The molecule has 0 aliphatic carbocycles. The van der Waals surface area contributed by atoms with Gasteiger partial charge < -0.3 is 4.74 Å². The smallest absolute Gasteiger partial charge is 0.278 e. The number of ether oxygens (including phenoxy) is 1. The summed E-state index contributed by atoms with van der Waals surface area (Å²) in [7, 11) is 0. The van der Waals surface area contributed by atoms with Crippen molar-refractivity contribution < 1.29 is 14.5 Å². The molecule has 22 heavy (non-hydrogen) atoms. The average Bonchev–Trinajstić information content (AvgIpc) is 2.54. The van der Waals surface area contributed by atoms with Crippen molar-refractivity contribution in [1.82, 2.24) is 15.4 Å². The van der Waals surface area contributed by atoms with E-state index < -0.39 is 10.8 Å². The van der Waals surface area contributed by atoms with Gasteiger partial charge in [0.1, 0.15) is 0 Å². The molecular weight excluding hydrogens is 290 g/mol. The van der Waals surface area contributed by atoms with Crippen LogP contribution in [-0.4, -0.2) is 33.6 Å². The second-order valence-corrected chi connectivity index (χ2v) is 3.94.